The van der Waals surface area contributed by atoms with Crippen LogP contribution in [0.2, 0.25) is 0 Å². The van der Waals surface area contributed by atoms with Crippen molar-refractivity contribution in [2.75, 3.05) is 6.54 Å². The Bertz CT molecular complexity index is 744. The summed E-state index contributed by atoms with van der Waals surface area (Å²) < 4.78 is 2.06. The molecule has 0 bridgehead atoms. The van der Waals surface area contributed by atoms with Gasteiger partial charge in [0.15, 0.2) is 0 Å². The molecule has 25 heavy (non-hydrogen) atoms. The quantitative estimate of drug-likeness (QED) is 0.887. The Labute approximate surface area is 151 Å². The lowest BCUT2D eigenvalue weighted by Gasteiger charge is -2.17. The molecule has 0 spiro atoms. The van der Waals surface area contributed by atoms with E-state index in [1.165, 1.54) is 40.5 Å². The summed E-state index contributed by atoms with van der Waals surface area (Å²) in [4.78, 5) is 19.6. The molecule has 134 valence electrons. The number of aryl methyl sites for hydroxylation is 4. The molecule has 0 radical (unpaired) electrons. The Balaban J connectivity index is 1.43. The minimum atomic E-state index is -0.766. The maximum Gasteiger partial charge on any atom is 0.303 e. The number of fused-ring (bicyclic) bond motifs is 2. The standard InChI is InChI=1S/C18H24N4O2S/c23-18(24)7-6-13-10-14-11-21(8-3-9-22(14)20-13)12-17-19-15-4-1-2-5-16(15)25-17/h10H,1-9,11-12H2,(H,23,24). The summed E-state index contributed by atoms with van der Waals surface area (Å²) in [5, 5.41) is 14.7. The van der Waals surface area contributed by atoms with E-state index in [0.29, 0.717) is 6.42 Å². The minimum Gasteiger partial charge on any atom is -0.481 e. The number of nitrogens with zero attached hydrogens (tertiary/aromatic N) is 4. The first-order valence-corrected chi connectivity index (χ1v) is 9.96. The number of hydrogen-bond acceptors (Lipinski definition) is 5. The second-order valence-electron chi connectivity index (χ2n) is 6.99. The van der Waals surface area contributed by atoms with Gasteiger partial charge in [0, 0.05) is 30.9 Å². The second-order valence-corrected chi connectivity index (χ2v) is 8.16. The van der Waals surface area contributed by atoms with Crippen LogP contribution in [0.1, 0.15) is 52.6 Å². The zero-order valence-corrected chi connectivity index (χ0v) is 15.2. The van der Waals surface area contributed by atoms with Crippen LogP contribution >= 0.6 is 11.3 Å². The van der Waals surface area contributed by atoms with E-state index >= 15 is 0 Å². The van der Waals surface area contributed by atoms with Gasteiger partial charge in [-0.25, -0.2) is 4.98 Å². The van der Waals surface area contributed by atoms with Crippen LogP contribution in [0.3, 0.4) is 0 Å². The maximum atomic E-state index is 10.8. The van der Waals surface area contributed by atoms with E-state index < -0.39 is 5.97 Å². The van der Waals surface area contributed by atoms with Crippen molar-refractivity contribution in [2.45, 2.75) is 64.6 Å². The van der Waals surface area contributed by atoms with E-state index in [1.807, 2.05) is 11.3 Å². The number of aromatic nitrogens is 3. The first-order chi connectivity index (χ1) is 12.2. The van der Waals surface area contributed by atoms with Crippen LogP contribution in [0, 0.1) is 0 Å². The molecule has 0 amide bonds. The van der Waals surface area contributed by atoms with Crippen molar-refractivity contribution in [1.29, 1.82) is 0 Å². The van der Waals surface area contributed by atoms with Crippen LogP contribution < -0.4 is 0 Å². The zero-order chi connectivity index (χ0) is 17.2. The average Bonchev–Trinajstić information content (AvgIpc) is 3.11. The van der Waals surface area contributed by atoms with E-state index in [4.69, 9.17) is 10.1 Å². The highest BCUT2D eigenvalue weighted by atomic mass is 32.1. The molecule has 2 aromatic rings. The van der Waals surface area contributed by atoms with Crippen molar-refractivity contribution < 1.29 is 9.90 Å². The van der Waals surface area contributed by atoms with Crippen LogP contribution in [-0.2, 0) is 43.7 Å². The summed E-state index contributed by atoms with van der Waals surface area (Å²) in [6.45, 7) is 3.74. The Morgan fingerprint density at radius 3 is 2.96 bits per heavy atom. The molecule has 0 aromatic carbocycles. The number of rotatable bonds is 5. The predicted octanol–water partition coefficient (Wildman–Crippen LogP) is 2.64. The Kier molecular flexibility index (Phi) is 4.85. The van der Waals surface area contributed by atoms with Gasteiger partial charge >= 0.3 is 5.97 Å². The molecule has 1 N–H and O–H groups in total. The highest BCUT2D eigenvalue weighted by Crippen LogP contribution is 2.28. The Hall–Kier alpha value is -1.73. The van der Waals surface area contributed by atoms with Gasteiger partial charge in [-0.3, -0.25) is 14.4 Å². The van der Waals surface area contributed by atoms with Gasteiger partial charge < -0.3 is 5.11 Å². The van der Waals surface area contributed by atoms with Crippen molar-refractivity contribution in [3.8, 4) is 0 Å². The van der Waals surface area contributed by atoms with E-state index in [1.54, 1.807) is 0 Å². The summed E-state index contributed by atoms with van der Waals surface area (Å²) in [6, 6.07) is 2.08. The fourth-order valence-electron chi connectivity index (χ4n) is 3.74. The fourth-order valence-corrected chi connectivity index (χ4v) is 4.94. The van der Waals surface area contributed by atoms with Crippen molar-refractivity contribution >= 4 is 17.3 Å². The molecule has 3 heterocycles. The smallest absolute Gasteiger partial charge is 0.303 e. The van der Waals surface area contributed by atoms with E-state index in [2.05, 4.69) is 20.7 Å². The molecule has 4 rings (SSSR count). The van der Waals surface area contributed by atoms with Gasteiger partial charge in [0.05, 0.1) is 30.0 Å². The van der Waals surface area contributed by atoms with Gasteiger partial charge in [0.2, 0.25) is 0 Å². The molecular weight excluding hydrogens is 336 g/mol. The highest BCUT2D eigenvalue weighted by Gasteiger charge is 2.20. The normalized spacial score (nSPS) is 17.8. The van der Waals surface area contributed by atoms with Gasteiger partial charge in [0.25, 0.3) is 0 Å². The molecule has 0 atom stereocenters. The second kappa shape index (κ2) is 7.25. The van der Waals surface area contributed by atoms with Crippen LogP contribution in [-0.4, -0.2) is 37.3 Å². The van der Waals surface area contributed by atoms with Crippen molar-refractivity contribution in [3.63, 3.8) is 0 Å². The third-order valence-electron chi connectivity index (χ3n) is 4.99. The molecule has 6 nitrogen and oxygen atoms in total. The summed E-state index contributed by atoms with van der Waals surface area (Å²) in [7, 11) is 0. The van der Waals surface area contributed by atoms with Crippen LogP contribution in [0.5, 0.6) is 0 Å². The number of thiazole rings is 1. The van der Waals surface area contributed by atoms with Crippen molar-refractivity contribution in [1.82, 2.24) is 19.7 Å². The lowest BCUT2D eigenvalue weighted by atomic mass is 10.0. The number of aliphatic carboxylic acids is 1. The molecule has 0 saturated heterocycles. The van der Waals surface area contributed by atoms with Gasteiger partial charge in [-0.15, -0.1) is 11.3 Å². The van der Waals surface area contributed by atoms with Gasteiger partial charge in [-0.2, -0.15) is 5.10 Å². The third kappa shape index (κ3) is 3.93. The highest BCUT2D eigenvalue weighted by molar-refractivity contribution is 7.11. The Morgan fingerprint density at radius 2 is 2.12 bits per heavy atom. The molecule has 2 aromatic heterocycles. The summed E-state index contributed by atoms with van der Waals surface area (Å²) in [5.41, 5.74) is 3.42. The number of carboxylic acids is 1. The van der Waals surface area contributed by atoms with E-state index in [0.717, 1.165) is 44.7 Å². The fraction of sp³-hybridized carbons (Fsp3) is 0.611. The molecule has 0 fully saturated rings. The SMILES string of the molecule is O=C(O)CCc1cc2n(n1)CCCN(Cc1nc3c(s1)CCCC3)C2. The summed E-state index contributed by atoms with van der Waals surface area (Å²) in [6.07, 6.45) is 6.64. The molecule has 2 aliphatic rings. The number of carbonyl (C=O) groups is 1. The van der Waals surface area contributed by atoms with Gasteiger partial charge in [-0.1, -0.05) is 0 Å². The van der Waals surface area contributed by atoms with Crippen LogP contribution in [0.25, 0.3) is 0 Å². The van der Waals surface area contributed by atoms with Crippen molar-refractivity contribution in [2.24, 2.45) is 0 Å². The van der Waals surface area contributed by atoms with Crippen molar-refractivity contribution in [3.05, 3.63) is 33.0 Å². The van der Waals surface area contributed by atoms with E-state index in [-0.39, 0.29) is 6.42 Å². The third-order valence-corrected chi connectivity index (χ3v) is 6.13. The van der Waals surface area contributed by atoms with Gasteiger partial charge in [-0.05, 0) is 38.2 Å². The topological polar surface area (TPSA) is 71.2 Å². The summed E-state index contributed by atoms with van der Waals surface area (Å²) in [5.74, 6) is -0.766. The molecule has 0 saturated carbocycles. The Morgan fingerprint density at radius 1 is 1.24 bits per heavy atom. The largest absolute Gasteiger partial charge is 0.481 e. The van der Waals surface area contributed by atoms with Crippen LogP contribution in [0.15, 0.2) is 6.07 Å². The molecule has 1 aliphatic carbocycles. The zero-order valence-electron chi connectivity index (χ0n) is 14.4. The number of hydrogen-bond donors (Lipinski definition) is 1. The molecular formula is C18H24N4O2S. The average molecular weight is 360 g/mol. The predicted molar refractivity (Wildman–Crippen MR) is 95.7 cm³/mol. The van der Waals surface area contributed by atoms with E-state index in [9.17, 15) is 4.79 Å². The monoisotopic (exact) mass is 360 g/mol. The lowest BCUT2D eigenvalue weighted by Crippen LogP contribution is -2.22. The molecule has 1 aliphatic heterocycles. The molecule has 7 heteroatoms. The first kappa shape index (κ1) is 16.7. The maximum absolute atomic E-state index is 10.8. The summed E-state index contributed by atoms with van der Waals surface area (Å²) >= 11 is 1.89. The number of carboxylic acid groups (broad SMARTS) is 1. The van der Waals surface area contributed by atoms with Crippen LogP contribution in [0.4, 0.5) is 0 Å². The minimum absolute atomic E-state index is 0.144. The van der Waals surface area contributed by atoms with Gasteiger partial charge in [0.1, 0.15) is 5.01 Å². The first-order valence-electron chi connectivity index (χ1n) is 9.14. The molecule has 0 unspecified atom stereocenters. The lowest BCUT2D eigenvalue weighted by molar-refractivity contribution is -0.136.